The fourth-order valence-corrected chi connectivity index (χ4v) is 3.44. The molecule has 0 aromatic heterocycles. The zero-order valence-electron chi connectivity index (χ0n) is 10.6. The summed E-state index contributed by atoms with van der Waals surface area (Å²) in [5.74, 6) is -0.0854. The Morgan fingerprint density at radius 1 is 0.941 bits per heavy atom. The van der Waals surface area contributed by atoms with E-state index < -0.39 is 11.0 Å². The Kier molecular flexibility index (Phi) is 1.78. The maximum Gasteiger partial charge on any atom is 0.191 e. The van der Waals surface area contributed by atoms with Gasteiger partial charge in [0.15, 0.2) is 11.6 Å². The summed E-state index contributed by atoms with van der Waals surface area (Å²) < 4.78 is 0. The van der Waals surface area contributed by atoms with Gasteiger partial charge in [-0.3, -0.25) is 9.59 Å². The predicted octanol–water partition coefficient (Wildman–Crippen LogP) is 1.79. The fourth-order valence-electron chi connectivity index (χ4n) is 3.44. The van der Waals surface area contributed by atoms with Crippen LogP contribution in [0.5, 0.6) is 0 Å². The number of hydrogen-bond acceptors (Lipinski definition) is 3. The number of carbonyl (C=O) groups excluding carboxylic acids is 2. The summed E-state index contributed by atoms with van der Waals surface area (Å²) in [4.78, 5) is 24.6. The third kappa shape index (κ3) is 1.16. The SMILES string of the molecule is CC1(C)CC2=C(CC3(CC3)[C@@](C)(O)C2=O)C1=O. The average molecular weight is 234 g/mol. The molecule has 3 nitrogen and oxygen atoms in total. The number of allylic oxidation sites excluding steroid dienone is 1. The van der Waals surface area contributed by atoms with E-state index in [1.807, 2.05) is 13.8 Å². The van der Waals surface area contributed by atoms with E-state index in [-0.39, 0.29) is 17.0 Å². The van der Waals surface area contributed by atoms with Gasteiger partial charge in [0.1, 0.15) is 5.60 Å². The van der Waals surface area contributed by atoms with E-state index in [4.69, 9.17) is 0 Å². The second-order valence-electron chi connectivity index (χ2n) is 6.71. The number of carbonyl (C=O) groups is 2. The lowest BCUT2D eigenvalue weighted by Crippen LogP contribution is -2.48. The number of Topliss-reactive ketones (excluding diaryl/α,β-unsaturated/α-hetero) is 2. The third-order valence-electron chi connectivity index (χ3n) is 4.99. The number of hydrogen-bond donors (Lipinski definition) is 1. The van der Waals surface area contributed by atoms with Gasteiger partial charge in [-0.25, -0.2) is 0 Å². The van der Waals surface area contributed by atoms with Crippen LogP contribution < -0.4 is 0 Å². The first-order chi connectivity index (χ1) is 7.71. The summed E-state index contributed by atoms with van der Waals surface area (Å²) in [5.41, 5.74) is -0.742. The molecule has 0 heterocycles. The maximum absolute atomic E-state index is 12.4. The summed E-state index contributed by atoms with van der Waals surface area (Å²) in [7, 11) is 0. The molecule has 1 spiro atoms. The quantitative estimate of drug-likeness (QED) is 0.695. The summed E-state index contributed by atoms with van der Waals surface area (Å²) in [6, 6.07) is 0. The lowest BCUT2D eigenvalue weighted by Gasteiger charge is -2.36. The summed E-state index contributed by atoms with van der Waals surface area (Å²) in [6.07, 6.45) is 2.81. The van der Waals surface area contributed by atoms with Crippen LogP contribution in [0.3, 0.4) is 0 Å². The van der Waals surface area contributed by atoms with Gasteiger partial charge in [0.25, 0.3) is 0 Å². The highest BCUT2D eigenvalue weighted by Gasteiger charge is 2.65. The van der Waals surface area contributed by atoms with E-state index in [1.54, 1.807) is 6.92 Å². The van der Waals surface area contributed by atoms with Crippen LogP contribution in [-0.4, -0.2) is 22.3 Å². The van der Waals surface area contributed by atoms with Gasteiger partial charge in [-0.15, -0.1) is 0 Å². The molecule has 0 unspecified atom stereocenters. The van der Waals surface area contributed by atoms with Gasteiger partial charge in [0.2, 0.25) is 0 Å². The number of aliphatic hydroxyl groups is 1. The minimum absolute atomic E-state index is 0.114. The Labute approximate surface area is 101 Å². The zero-order valence-corrected chi connectivity index (χ0v) is 10.6. The molecule has 0 aromatic carbocycles. The molecular formula is C14H18O3. The van der Waals surface area contributed by atoms with Gasteiger partial charge in [0.05, 0.1) is 0 Å². The lowest BCUT2D eigenvalue weighted by molar-refractivity contribution is -0.140. The van der Waals surface area contributed by atoms with Gasteiger partial charge in [-0.1, -0.05) is 13.8 Å². The molecule has 3 aliphatic rings. The van der Waals surface area contributed by atoms with E-state index in [9.17, 15) is 14.7 Å². The Morgan fingerprint density at radius 2 is 1.47 bits per heavy atom. The van der Waals surface area contributed by atoms with Crippen molar-refractivity contribution in [2.75, 3.05) is 0 Å². The largest absolute Gasteiger partial charge is 0.381 e. The van der Waals surface area contributed by atoms with Gasteiger partial charge < -0.3 is 5.11 Å². The molecule has 3 rings (SSSR count). The molecular weight excluding hydrogens is 216 g/mol. The molecule has 92 valence electrons. The normalized spacial score (nSPS) is 37.6. The van der Waals surface area contributed by atoms with Crippen molar-refractivity contribution in [2.24, 2.45) is 10.8 Å². The van der Waals surface area contributed by atoms with E-state index in [1.165, 1.54) is 0 Å². The first kappa shape index (κ1) is 11.1. The van der Waals surface area contributed by atoms with Crippen molar-refractivity contribution < 1.29 is 14.7 Å². The molecule has 1 atom stereocenters. The standard InChI is InChI=1S/C14H18O3/c1-12(2)6-8-9(10(12)15)7-14(4-5-14)13(3,17)11(8)16/h17H,4-7H2,1-3H3/t13-/m0/s1. The van der Waals surface area contributed by atoms with E-state index in [2.05, 4.69) is 0 Å². The summed E-state index contributed by atoms with van der Waals surface area (Å²) in [5, 5.41) is 10.4. The van der Waals surface area contributed by atoms with Gasteiger partial charge >= 0.3 is 0 Å². The summed E-state index contributed by atoms with van der Waals surface area (Å²) in [6.45, 7) is 5.40. The van der Waals surface area contributed by atoms with Crippen LogP contribution in [0, 0.1) is 10.8 Å². The van der Waals surface area contributed by atoms with Crippen molar-refractivity contribution in [1.29, 1.82) is 0 Å². The van der Waals surface area contributed by atoms with Crippen molar-refractivity contribution >= 4 is 11.6 Å². The molecule has 17 heavy (non-hydrogen) atoms. The van der Waals surface area contributed by atoms with Crippen LogP contribution in [0.4, 0.5) is 0 Å². The maximum atomic E-state index is 12.4. The Balaban J connectivity index is 2.11. The third-order valence-corrected chi connectivity index (χ3v) is 4.99. The van der Waals surface area contributed by atoms with Crippen LogP contribution in [-0.2, 0) is 9.59 Å². The van der Waals surface area contributed by atoms with Gasteiger partial charge in [-0.05, 0) is 32.6 Å². The highest BCUT2D eigenvalue weighted by atomic mass is 16.3. The van der Waals surface area contributed by atoms with Crippen molar-refractivity contribution in [3.63, 3.8) is 0 Å². The molecule has 1 fully saturated rings. The number of rotatable bonds is 0. The zero-order chi connectivity index (χ0) is 12.6. The molecule has 0 saturated heterocycles. The molecule has 3 heteroatoms. The molecule has 1 saturated carbocycles. The number of ketones is 2. The van der Waals surface area contributed by atoms with E-state index in [0.717, 1.165) is 12.8 Å². The Bertz CT molecular complexity index is 476. The van der Waals surface area contributed by atoms with Crippen LogP contribution in [0.15, 0.2) is 11.1 Å². The highest BCUT2D eigenvalue weighted by Crippen LogP contribution is 2.63. The molecule has 0 amide bonds. The van der Waals surface area contributed by atoms with Crippen LogP contribution in [0.25, 0.3) is 0 Å². The highest BCUT2D eigenvalue weighted by molar-refractivity contribution is 6.16. The molecule has 0 aromatic rings. The fraction of sp³-hybridized carbons (Fsp3) is 0.714. The minimum Gasteiger partial charge on any atom is -0.381 e. The smallest absolute Gasteiger partial charge is 0.191 e. The van der Waals surface area contributed by atoms with Crippen molar-refractivity contribution in [3.05, 3.63) is 11.1 Å². The van der Waals surface area contributed by atoms with Crippen LogP contribution in [0.2, 0.25) is 0 Å². The molecule has 0 bridgehead atoms. The van der Waals surface area contributed by atoms with Crippen LogP contribution in [0.1, 0.15) is 46.5 Å². The Hall–Kier alpha value is -0.960. The minimum atomic E-state index is -1.26. The van der Waals surface area contributed by atoms with Crippen molar-refractivity contribution in [2.45, 2.75) is 52.1 Å². The molecule has 1 N–H and O–H groups in total. The van der Waals surface area contributed by atoms with Crippen molar-refractivity contribution in [3.8, 4) is 0 Å². The molecule has 3 aliphatic carbocycles. The predicted molar refractivity (Wildman–Crippen MR) is 62.3 cm³/mol. The molecule has 0 radical (unpaired) electrons. The average Bonchev–Trinajstić information content (AvgIpc) is 2.96. The monoisotopic (exact) mass is 234 g/mol. The van der Waals surface area contributed by atoms with Gasteiger partial charge in [0, 0.05) is 22.0 Å². The van der Waals surface area contributed by atoms with Gasteiger partial charge in [-0.2, -0.15) is 0 Å². The van der Waals surface area contributed by atoms with Crippen molar-refractivity contribution in [1.82, 2.24) is 0 Å². The summed E-state index contributed by atoms with van der Waals surface area (Å²) >= 11 is 0. The van der Waals surface area contributed by atoms with E-state index in [0.29, 0.717) is 24.0 Å². The Morgan fingerprint density at radius 3 is 2.00 bits per heavy atom. The topological polar surface area (TPSA) is 54.4 Å². The van der Waals surface area contributed by atoms with Crippen LogP contribution >= 0.6 is 0 Å². The second kappa shape index (κ2) is 2.72. The first-order valence-electron chi connectivity index (χ1n) is 6.25. The first-order valence-corrected chi connectivity index (χ1v) is 6.25. The van der Waals surface area contributed by atoms with E-state index >= 15 is 0 Å². The molecule has 0 aliphatic heterocycles. The second-order valence-corrected chi connectivity index (χ2v) is 6.71. The lowest BCUT2D eigenvalue weighted by atomic mass is 9.70.